The number of fused-ring (bicyclic) bond motifs is 5. The molecule has 1 unspecified atom stereocenters. The van der Waals surface area contributed by atoms with Crippen molar-refractivity contribution in [1.29, 1.82) is 0 Å². The standard InChI is InChI=1S/C23H38N2O3/c1-22-8-6-16(25-28-11-10-24)13-20(22)15(14-27-3)12-17-18-4-5-21(26)23(18,2)9-7-19(17)22/h15,17-20H,4-14,24H2,1-3H3/b25-16-/t15-,17-,18-,19-,20?,22+,23-/m0/s1. The smallest absolute Gasteiger partial charge is 0.139 e. The molecule has 28 heavy (non-hydrogen) atoms. The van der Waals surface area contributed by atoms with Gasteiger partial charge in [0.15, 0.2) is 0 Å². The first kappa shape index (κ1) is 20.3. The van der Waals surface area contributed by atoms with Crippen LogP contribution in [0.15, 0.2) is 5.16 Å². The summed E-state index contributed by atoms with van der Waals surface area (Å²) in [4.78, 5) is 18.1. The Hall–Kier alpha value is -0.940. The van der Waals surface area contributed by atoms with Crippen LogP contribution in [0.1, 0.15) is 65.2 Å². The van der Waals surface area contributed by atoms with Gasteiger partial charge in [-0.3, -0.25) is 4.79 Å². The molecule has 5 nitrogen and oxygen atoms in total. The average Bonchev–Trinajstić information content (AvgIpc) is 2.98. The summed E-state index contributed by atoms with van der Waals surface area (Å²) in [5.74, 6) is 3.68. The fourth-order valence-corrected chi connectivity index (χ4v) is 7.74. The zero-order chi connectivity index (χ0) is 19.9. The third kappa shape index (κ3) is 3.13. The number of carbonyl (C=O) groups excluding carboxylic acids is 1. The summed E-state index contributed by atoms with van der Waals surface area (Å²) < 4.78 is 5.69. The lowest BCUT2D eigenvalue weighted by Gasteiger charge is -2.61. The quantitative estimate of drug-likeness (QED) is 0.572. The third-order valence-electron chi connectivity index (χ3n) is 9.18. The minimum absolute atomic E-state index is 0.0562. The molecule has 0 saturated heterocycles. The van der Waals surface area contributed by atoms with Crippen LogP contribution in [0.3, 0.4) is 0 Å². The van der Waals surface area contributed by atoms with Crippen molar-refractivity contribution in [1.82, 2.24) is 0 Å². The van der Waals surface area contributed by atoms with Gasteiger partial charge in [-0.1, -0.05) is 19.0 Å². The van der Waals surface area contributed by atoms with Crippen molar-refractivity contribution in [3.05, 3.63) is 0 Å². The Bertz CT molecular complexity index is 635. The molecule has 4 fully saturated rings. The summed E-state index contributed by atoms with van der Waals surface area (Å²) in [5, 5.41) is 4.42. The number of methoxy groups -OCH3 is 1. The topological polar surface area (TPSA) is 73.9 Å². The number of ether oxygens (including phenoxy) is 1. The minimum Gasteiger partial charge on any atom is -0.395 e. The molecule has 0 heterocycles. The van der Waals surface area contributed by atoms with E-state index in [9.17, 15) is 4.79 Å². The monoisotopic (exact) mass is 390 g/mol. The van der Waals surface area contributed by atoms with E-state index in [1.54, 1.807) is 0 Å². The van der Waals surface area contributed by atoms with Crippen molar-refractivity contribution in [3.63, 3.8) is 0 Å². The lowest BCUT2D eigenvalue weighted by molar-refractivity contribution is -0.145. The maximum atomic E-state index is 12.7. The number of ketones is 1. The molecule has 4 aliphatic carbocycles. The number of rotatable bonds is 5. The Morgan fingerprint density at radius 3 is 2.71 bits per heavy atom. The van der Waals surface area contributed by atoms with Crippen molar-refractivity contribution in [3.8, 4) is 0 Å². The van der Waals surface area contributed by atoms with Crippen molar-refractivity contribution < 1.29 is 14.4 Å². The van der Waals surface area contributed by atoms with E-state index < -0.39 is 0 Å². The van der Waals surface area contributed by atoms with E-state index in [0.29, 0.717) is 48.0 Å². The molecule has 0 spiro atoms. The predicted molar refractivity (Wildman–Crippen MR) is 110 cm³/mol. The Labute approximate surface area is 169 Å². The summed E-state index contributed by atoms with van der Waals surface area (Å²) in [6.45, 7) is 6.62. The van der Waals surface area contributed by atoms with E-state index in [4.69, 9.17) is 15.3 Å². The summed E-state index contributed by atoms with van der Waals surface area (Å²) in [5.41, 5.74) is 7.00. The second-order valence-corrected chi connectivity index (χ2v) is 10.3. The van der Waals surface area contributed by atoms with Gasteiger partial charge in [0.05, 0.1) is 5.71 Å². The average molecular weight is 391 g/mol. The normalized spacial score (nSPS) is 46.8. The molecule has 0 amide bonds. The highest BCUT2D eigenvalue weighted by Crippen LogP contribution is 2.66. The summed E-state index contributed by atoms with van der Waals surface area (Å²) in [6, 6.07) is 0. The van der Waals surface area contributed by atoms with E-state index >= 15 is 0 Å². The van der Waals surface area contributed by atoms with Crippen molar-refractivity contribution >= 4 is 11.5 Å². The maximum Gasteiger partial charge on any atom is 0.139 e. The summed E-state index contributed by atoms with van der Waals surface area (Å²) >= 11 is 0. The number of Topliss-reactive ketones (excluding diaryl/α,β-unsaturated/α-hetero) is 1. The highest BCUT2D eigenvalue weighted by Gasteiger charge is 2.61. The lowest BCUT2D eigenvalue weighted by Crippen LogP contribution is -2.57. The van der Waals surface area contributed by atoms with Crippen LogP contribution < -0.4 is 5.73 Å². The van der Waals surface area contributed by atoms with Gasteiger partial charge in [-0.15, -0.1) is 0 Å². The van der Waals surface area contributed by atoms with Gasteiger partial charge in [-0.25, -0.2) is 0 Å². The second kappa shape index (κ2) is 7.71. The molecule has 5 heteroatoms. The highest BCUT2D eigenvalue weighted by molar-refractivity contribution is 5.87. The van der Waals surface area contributed by atoms with Crippen LogP contribution in [0.5, 0.6) is 0 Å². The number of hydrogen-bond acceptors (Lipinski definition) is 5. The minimum atomic E-state index is -0.0562. The van der Waals surface area contributed by atoms with Crippen LogP contribution in [0.2, 0.25) is 0 Å². The van der Waals surface area contributed by atoms with Crippen LogP contribution in [0.25, 0.3) is 0 Å². The van der Waals surface area contributed by atoms with Gasteiger partial charge in [0, 0.05) is 32.1 Å². The van der Waals surface area contributed by atoms with Crippen molar-refractivity contribution in [2.75, 3.05) is 26.9 Å². The van der Waals surface area contributed by atoms with E-state index in [0.717, 1.165) is 44.6 Å². The molecule has 4 aliphatic rings. The number of nitrogens with two attached hydrogens (primary N) is 1. The van der Waals surface area contributed by atoms with Crippen molar-refractivity contribution in [2.24, 2.45) is 51.3 Å². The van der Waals surface area contributed by atoms with E-state index in [1.807, 2.05) is 7.11 Å². The molecule has 0 aromatic carbocycles. The fraction of sp³-hybridized carbons (Fsp3) is 0.913. The predicted octanol–water partition coefficient (Wildman–Crippen LogP) is 3.80. The molecule has 4 saturated carbocycles. The lowest BCUT2D eigenvalue weighted by atomic mass is 9.43. The maximum absolute atomic E-state index is 12.7. The van der Waals surface area contributed by atoms with Crippen LogP contribution >= 0.6 is 0 Å². The van der Waals surface area contributed by atoms with Gasteiger partial charge < -0.3 is 15.3 Å². The molecular formula is C23H38N2O3. The third-order valence-corrected chi connectivity index (χ3v) is 9.18. The van der Waals surface area contributed by atoms with Crippen LogP contribution in [0, 0.1) is 40.4 Å². The van der Waals surface area contributed by atoms with Crippen molar-refractivity contribution in [2.45, 2.75) is 65.2 Å². The van der Waals surface area contributed by atoms with Crippen LogP contribution in [-0.2, 0) is 14.4 Å². The molecule has 0 aromatic rings. The zero-order valence-corrected chi connectivity index (χ0v) is 17.9. The molecule has 0 aliphatic heterocycles. The van der Waals surface area contributed by atoms with Crippen LogP contribution in [0.4, 0.5) is 0 Å². The van der Waals surface area contributed by atoms with Gasteiger partial charge in [0.1, 0.15) is 12.4 Å². The Morgan fingerprint density at radius 2 is 1.96 bits per heavy atom. The van der Waals surface area contributed by atoms with E-state index in [2.05, 4.69) is 19.0 Å². The summed E-state index contributed by atoms with van der Waals surface area (Å²) in [7, 11) is 1.83. The van der Waals surface area contributed by atoms with Crippen LogP contribution in [-0.4, -0.2) is 38.4 Å². The Kier molecular flexibility index (Phi) is 5.60. The number of carbonyl (C=O) groups is 1. The molecule has 0 radical (unpaired) electrons. The largest absolute Gasteiger partial charge is 0.395 e. The van der Waals surface area contributed by atoms with Gasteiger partial charge in [0.25, 0.3) is 0 Å². The molecule has 2 N–H and O–H groups in total. The molecule has 158 valence electrons. The molecule has 4 rings (SSSR count). The summed E-state index contributed by atoms with van der Waals surface area (Å²) in [6.07, 6.45) is 8.66. The SMILES string of the molecule is COC[C@@H]1C[C@@H]2[C@H](CC[C@]3(C)C(=O)CC[C@@H]23)[C@@]2(C)CC/C(=N/OCCN)CC12. The molecule has 0 bridgehead atoms. The molecular weight excluding hydrogens is 352 g/mol. The van der Waals surface area contributed by atoms with Gasteiger partial charge >= 0.3 is 0 Å². The Morgan fingerprint density at radius 1 is 1.14 bits per heavy atom. The second-order valence-electron chi connectivity index (χ2n) is 10.3. The van der Waals surface area contributed by atoms with E-state index in [1.165, 1.54) is 25.0 Å². The first-order chi connectivity index (χ1) is 13.4. The molecule has 0 aromatic heterocycles. The number of nitrogens with zero attached hydrogens (tertiary/aromatic N) is 1. The number of oxime groups is 1. The first-order valence-electron chi connectivity index (χ1n) is 11.3. The zero-order valence-electron chi connectivity index (χ0n) is 17.9. The molecule has 7 atom stereocenters. The highest BCUT2D eigenvalue weighted by atomic mass is 16.6. The van der Waals surface area contributed by atoms with Gasteiger partial charge in [0.2, 0.25) is 0 Å². The first-order valence-corrected chi connectivity index (χ1v) is 11.3. The fourth-order valence-electron chi connectivity index (χ4n) is 7.74. The van der Waals surface area contributed by atoms with Gasteiger partial charge in [-0.05, 0) is 80.0 Å². The van der Waals surface area contributed by atoms with E-state index in [-0.39, 0.29) is 5.41 Å². The number of hydrogen-bond donors (Lipinski definition) is 1. The van der Waals surface area contributed by atoms with Gasteiger partial charge in [-0.2, -0.15) is 0 Å². The Balaban J connectivity index is 1.60.